The Morgan fingerprint density at radius 3 is 2.47 bits per heavy atom. The molecule has 5 heteroatoms. The molecule has 4 rings (SSSR count). The first-order chi connectivity index (χ1) is 15.6. The number of rotatable bonds is 8. The number of likely N-dealkylation sites (tertiary alicyclic amines) is 1. The van der Waals surface area contributed by atoms with E-state index in [0.29, 0.717) is 12.5 Å². The second-order valence-corrected chi connectivity index (χ2v) is 8.74. The predicted octanol–water partition coefficient (Wildman–Crippen LogP) is 4.12. The molecule has 3 aromatic carbocycles. The lowest BCUT2D eigenvalue weighted by Gasteiger charge is -2.34. The molecular formula is C27H32N2O3. The van der Waals surface area contributed by atoms with E-state index >= 15 is 0 Å². The van der Waals surface area contributed by atoms with Crippen LogP contribution in [0.4, 0.5) is 0 Å². The molecule has 1 aliphatic rings. The molecule has 1 atom stereocenters. The monoisotopic (exact) mass is 432 g/mol. The Labute approximate surface area is 190 Å². The van der Waals surface area contributed by atoms with E-state index in [-0.39, 0.29) is 12.5 Å². The fourth-order valence-electron chi connectivity index (χ4n) is 4.38. The van der Waals surface area contributed by atoms with Crippen LogP contribution >= 0.6 is 0 Å². The molecule has 3 aromatic rings. The van der Waals surface area contributed by atoms with Gasteiger partial charge in [0, 0.05) is 20.1 Å². The molecule has 1 fully saturated rings. The van der Waals surface area contributed by atoms with Crippen molar-refractivity contribution in [2.24, 2.45) is 5.92 Å². The zero-order valence-corrected chi connectivity index (χ0v) is 18.7. The van der Waals surface area contributed by atoms with Gasteiger partial charge in [0.15, 0.2) is 6.61 Å². The molecule has 168 valence electrons. The Balaban J connectivity index is 1.19. The average Bonchev–Trinajstić information content (AvgIpc) is 2.84. The molecule has 0 aliphatic carbocycles. The fourth-order valence-corrected chi connectivity index (χ4v) is 4.38. The van der Waals surface area contributed by atoms with Crippen LogP contribution in [0.2, 0.25) is 0 Å². The highest BCUT2D eigenvalue weighted by Crippen LogP contribution is 2.22. The van der Waals surface area contributed by atoms with E-state index in [1.54, 1.807) is 4.90 Å². The summed E-state index contributed by atoms with van der Waals surface area (Å²) in [6, 6.07) is 23.8. The summed E-state index contributed by atoms with van der Waals surface area (Å²) < 4.78 is 5.76. The lowest BCUT2D eigenvalue weighted by molar-refractivity contribution is -0.132. The quantitative estimate of drug-likeness (QED) is 0.582. The van der Waals surface area contributed by atoms with Crippen LogP contribution in [0, 0.1) is 5.92 Å². The van der Waals surface area contributed by atoms with Crippen LogP contribution in [0.5, 0.6) is 5.75 Å². The van der Waals surface area contributed by atoms with Crippen LogP contribution in [0.15, 0.2) is 72.8 Å². The van der Waals surface area contributed by atoms with E-state index in [2.05, 4.69) is 11.0 Å². The Morgan fingerprint density at radius 1 is 1.03 bits per heavy atom. The minimum atomic E-state index is -0.454. The second-order valence-electron chi connectivity index (χ2n) is 8.74. The van der Waals surface area contributed by atoms with Gasteiger partial charge in [-0.3, -0.25) is 4.79 Å². The van der Waals surface area contributed by atoms with Crippen molar-refractivity contribution < 1.29 is 14.6 Å². The van der Waals surface area contributed by atoms with Gasteiger partial charge >= 0.3 is 0 Å². The first kappa shape index (κ1) is 22.3. The standard InChI is InChI=1S/C27H32N2O3/c1-28(27(31)20-32-25-12-11-22-7-5-6-10-24(22)17-25)18-21-13-15-29(16-14-21)19-26(30)23-8-3-2-4-9-23/h2-12,17,21,26,30H,13-16,18-20H2,1H3/t26-/m1/s1. The van der Waals surface area contributed by atoms with Crippen LogP contribution in [-0.2, 0) is 4.79 Å². The van der Waals surface area contributed by atoms with E-state index in [1.807, 2.05) is 73.8 Å². The summed E-state index contributed by atoms with van der Waals surface area (Å²) >= 11 is 0. The summed E-state index contributed by atoms with van der Waals surface area (Å²) in [5, 5.41) is 12.7. The summed E-state index contributed by atoms with van der Waals surface area (Å²) in [5.74, 6) is 1.20. The molecule has 0 saturated carbocycles. The van der Waals surface area contributed by atoms with Crippen molar-refractivity contribution in [3.63, 3.8) is 0 Å². The zero-order chi connectivity index (χ0) is 22.3. The van der Waals surface area contributed by atoms with Crippen molar-refractivity contribution in [1.82, 2.24) is 9.80 Å². The number of likely N-dealkylation sites (N-methyl/N-ethyl adjacent to an activating group) is 1. The molecule has 1 aliphatic heterocycles. The average molecular weight is 433 g/mol. The summed E-state index contributed by atoms with van der Waals surface area (Å²) in [6.45, 7) is 3.35. The molecule has 32 heavy (non-hydrogen) atoms. The van der Waals surface area contributed by atoms with Gasteiger partial charge in [-0.05, 0) is 60.3 Å². The number of aliphatic hydroxyl groups excluding tert-OH is 1. The molecule has 0 radical (unpaired) electrons. The first-order valence-electron chi connectivity index (χ1n) is 11.4. The number of benzene rings is 3. The third-order valence-corrected chi connectivity index (χ3v) is 6.36. The maximum Gasteiger partial charge on any atom is 0.260 e. The van der Waals surface area contributed by atoms with Gasteiger partial charge < -0.3 is 19.6 Å². The van der Waals surface area contributed by atoms with Crippen molar-refractivity contribution in [2.45, 2.75) is 18.9 Å². The molecule has 0 aromatic heterocycles. The minimum absolute atomic E-state index is 0.0000815. The number of β-amino-alcohol motifs (C(OH)–C–C–N with tert-alkyl or cyclic N) is 1. The summed E-state index contributed by atoms with van der Waals surface area (Å²) in [7, 11) is 1.86. The van der Waals surface area contributed by atoms with Gasteiger partial charge in [-0.25, -0.2) is 0 Å². The number of nitrogens with zero attached hydrogens (tertiary/aromatic N) is 2. The van der Waals surface area contributed by atoms with Gasteiger partial charge in [0.25, 0.3) is 5.91 Å². The van der Waals surface area contributed by atoms with E-state index < -0.39 is 6.10 Å². The first-order valence-corrected chi connectivity index (χ1v) is 11.4. The van der Waals surface area contributed by atoms with E-state index in [9.17, 15) is 9.90 Å². The molecule has 1 saturated heterocycles. The number of aliphatic hydroxyl groups is 1. The van der Waals surface area contributed by atoms with Gasteiger partial charge in [-0.15, -0.1) is 0 Å². The smallest absolute Gasteiger partial charge is 0.260 e. The number of carbonyl (C=O) groups is 1. The third-order valence-electron chi connectivity index (χ3n) is 6.36. The van der Waals surface area contributed by atoms with Gasteiger partial charge in [-0.1, -0.05) is 60.7 Å². The SMILES string of the molecule is CN(CC1CCN(C[C@@H](O)c2ccccc2)CC1)C(=O)COc1ccc2ccccc2c1. The highest BCUT2D eigenvalue weighted by atomic mass is 16.5. The third kappa shape index (κ3) is 5.87. The van der Waals surface area contributed by atoms with Crippen molar-refractivity contribution in [3.05, 3.63) is 78.4 Å². The summed E-state index contributed by atoms with van der Waals surface area (Å²) in [5.41, 5.74) is 0.964. The molecule has 5 nitrogen and oxygen atoms in total. The van der Waals surface area contributed by atoms with Gasteiger partial charge in [0.2, 0.25) is 0 Å². The van der Waals surface area contributed by atoms with E-state index in [4.69, 9.17) is 4.74 Å². The van der Waals surface area contributed by atoms with Gasteiger partial charge in [0.05, 0.1) is 6.10 Å². The number of ether oxygens (including phenoxy) is 1. The summed E-state index contributed by atoms with van der Waals surface area (Å²) in [6.07, 6.45) is 1.61. The highest BCUT2D eigenvalue weighted by Gasteiger charge is 2.23. The number of fused-ring (bicyclic) bond motifs is 1. The number of hydrogen-bond donors (Lipinski definition) is 1. The van der Waals surface area contributed by atoms with E-state index in [1.165, 1.54) is 0 Å². The topological polar surface area (TPSA) is 53.0 Å². The van der Waals surface area contributed by atoms with Gasteiger partial charge in [-0.2, -0.15) is 0 Å². The molecule has 0 bridgehead atoms. The predicted molar refractivity (Wildman–Crippen MR) is 128 cm³/mol. The Bertz CT molecular complexity index is 1020. The minimum Gasteiger partial charge on any atom is -0.484 e. The Kier molecular flexibility index (Phi) is 7.40. The molecular weight excluding hydrogens is 400 g/mol. The molecule has 0 unspecified atom stereocenters. The second kappa shape index (κ2) is 10.6. The Hall–Kier alpha value is -2.89. The zero-order valence-electron chi connectivity index (χ0n) is 18.7. The van der Waals surface area contributed by atoms with Crippen molar-refractivity contribution in [3.8, 4) is 5.75 Å². The largest absolute Gasteiger partial charge is 0.484 e. The number of hydrogen-bond acceptors (Lipinski definition) is 4. The van der Waals surface area contributed by atoms with Crippen LogP contribution < -0.4 is 4.74 Å². The molecule has 0 spiro atoms. The maximum atomic E-state index is 12.6. The Morgan fingerprint density at radius 2 is 1.72 bits per heavy atom. The number of amides is 1. The lowest BCUT2D eigenvalue weighted by Crippen LogP contribution is -2.41. The molecule has 1 heterocycles. The summed E-state index contributed by atoms with van der Waals surface area (Å²) in [4.78, 5) is 16.7. The van der Waals surface area contributed by atoms with Crippen molar-refractivity contribution in [2.75, 3.05) is 39.8 Å². The fraction of sp³-hybridized carbons (Fsp3) is 0.370. The van der Waals surface area contributed by atoms with Crippen molar-refractivity contribution in [1.29, 1.82) is 0 Å². The molecule has 1 N–H and O–H groups in total. The van der Waals surface area contributed by atoms with Crippen LogP contribution in [0.25, 0.3) is 10.8 Å². The normalized spacial score (nSPS) is 16.1. The highest BCUT2D eigenvalue weighted by molar-refractivity contribution is 5.84. The maximum absolute atomic E-state index is 12.6. The van der Waals surface area contributed by atoms with E-state index in [0.717, 1.165) is 54.6 Å². The van der Waals surface area contributed by atoms with Crippen LogP contribution in [0.3, 0.4) is 0 Å². The van der Waals surface area contributed by atoms with Gasteiger partial charge in [0.1, 0.15) is 5.75 Å². The number of piperidine rings is 1. The molecule has 1 amide bonds. The van der Waals surface area contributed by atoms with Crippen LogP contribution in [0.1, 0.15) is 24.5 Å². The van der Waals surface area contributed by atoms with Crippen LogP contribution in [-0.4, -0.2) is 60.6 Å². The number of carbonyl (C=O) groups excluding carboxylic acids is 1. The van der Waals surface area contributed by atoms with Crippen molar-refractivity contribution >= 4 is 16.7 Å². The lowest BCUT2D eigenvalue weighted by atomic mass is 9.95.